The highest BCUT2D eigenvalue weighted by Crippen LogP contribution is 2.32. The molecule has 0 radical (unpaired) electrons. The monoisotopic (exact) mass is 365 g/mol. The summed E-state index contributed by atoms with van der Waals surface area (Å²) in [5, 5.41) is 12.7. The zero-order chi connectivity index (χ0) is 14.2. The largest absolute Gasteiger partial charge is 0.477 e. The van der Waals surface area contributed by atoms with E-state index in [4.69, 9.17) is 5.11 Å². The zero-order valence-corrected chi connectivity index (χ0v) is 12.7. The van der Waals surface area contributed by atoms with Gasteiger partial charge in [0.05, 0.1) is 15.7 Å². The number of anilines is 1. The summed E-state index contributed by atoms with van der Waals surface area (Å²) in [5.41, 5.74) is 0.303. The summed E-state index contributed by atoms with van der Waals surface area (Å²) in [7, 11) is -2.19. The molecule has 2 N–H and O–H groups in total. The average molecular weight is 366 g/mol. The van der Waals surface area contributed by atoms with Gasteiger partial charge < -0.3 is 5.11 Å². The number of aromatic carboxylic acids is 1. The van der Waals surface area contributed by atoms with Crippen LogP contribution in [0.4, 0.5) is 5.69 Å². The van der Waals surface area contributed by atoms with Gasteiger partial charge in [0.25, 0.3) is 10.0 Å². The third-order valence-electron chi connectivity index (χ3n) is 2.11. The van der Waals surface area contributed by atoms with Crippen molar-refractivity contribution in [1.29, 1.82) is 0 Å². The summed E-state index contributed by atoms with van der Waals surface area (Å²) in [6.45, 7) is 0. The van der Waals surface area contributed by atoms with Gasteiger partial charge in [0.1, 0.15) is 9.77 Å². The van der Waals surface area contributed by atoms with E-state index in [-0.39, 0.29) is 13.6 Å². The van der Waals surface area contributed by atoms with Crippen molar-refractivity contribution in [3.8, 4) is 0 Å². The van der Waals surface area contributed by atoms with Gasteiger partial charge in [0.2, 0.25) is 0 Å². The number of sulfonamides is 1. The van der Waals surface area contributed by atoms with E-state index in [1.807, 2.05) is 0 Å². The van der Waals surface area contributed by atoms with Crippen molar-refractivity contribution in [2.75, 3.05) is 4.72 Å². The fourth-order valence-corrected chi connectivity index (χ4v) is 4.76. The summed E-state index contributed by atoms with van der Waals surface area (Å²) >= 11 is 3.90. The van der Waals surface area contributed by atoms with Crippen LogP contribution in [0.3, 0.4) is 0 Å². The minimum Gasteiger partial charge on any atom is -0.477 e. The summed E-state index contributed by atoms with van der Waals surface area (Å²) in [6, 6.07) is 1.11. The highest BCUT2D eigenvalue weighted by molar-refractivity contribution is 9.11. The first-order chi connectivity index (χ1) is 8.79. The molecule has 0 spiro atoms. The molecular weight excluding hydrogens is 358 g/mol. The second-order valence-electron chi connectivity index (χ2n) is 3.56. The predicted octanol–water partition coefficient (Wildman–Crippen LogP) is 1.74. The normalized spacial score (nSPS) is 11.5. The van der Waals surface area contributed by atoms with Crippen LogP contribution in [0.15, 0.2) is 27.1 Å². The highest BCUT2D eigenvalue weighted by Gasteiger charge is 2.23. The van der Waals surface area contributed by atoms with E-state index in [1.54, 1.807) is 7.05 Å². The van der Waals surface area contributed by atoms with Crippen LogP contribution in [-0.4, -0.2) is 29.3 Å². The summed E-state index contributed by atoms with van der Waals surface area (Å²) in [6.07, 6.45) is 2.85. The fraction of sp³-hybridized carbons (Fsp3) is 0.111. The van der Waals surface area contributed by atoms with Gasteiger partial charge in [-0.3, -0.25) is 9.40 Å². The lowest BCUT2D eigenvalue weighted by Crippen LogP contribution is -2.12. The fourth-order valence-electron chi connectivity index (χ4n) is 1.32. The van der Waals surface area contributed by atoms with Gasteiger partial charge in [-0.05, 0) is 22.0 Å². The molecule has 0 aliphatic heterocycles. The van der Waals surface area contributed by atoms with Crippen LogP contribution in [0.1, 0.15) is 9.67 Å². The molecule has 0 amide bonds. The first-order valence-corrected chi connectivity index (χ1v) is 7.93. The summed E-state index contributed by atoms with van der Waals surface area (Å²) < 4.78 is 28.2. The number of hydrogen-bond donors (Lipinski definition) is 2. The number of nitrogens with zero attached hydrogens (tertiary/aromatic N) is 2. The lowest BCUT2D eigenvalue weighted by atomic mass is 10.5. The number of halogens is 1. The maximum atomic E-state index is 12.1. The minimum absolute atomic E-state index is 0.0570. The molecular formula is C9H8BrN3O4S2. The molecule has 7 nitrogen and oxygen atoms in total. The highest BCUT2D eigenvalue weighted by atomic mass is 79.9. The first kappa shape index (κ1) is 14.0. The Hall–Kier alpha value is -1.39. The lowest BCUT2D eigenvalue weighted by molar-refractivity contribution is 0.0702. The van der Waals surface area contributed by atoms with Crippen LogP contribution >= 0.6 is 27.3 Å². The van der Waals surface area contributed by atoms with Gasteiger partial charge in [-0.2, -0.15) is 5.10 Å². The number of nitrogens with one attached hydrogen (secondary N) is 1. The molecule has 0 aliphatic rings. The molecule has 0 saturated heterocycles. The van der Waals surface area contributed by atoms with E-state index in [0.29, 0.717) is 5.69 Å². The Kier molecular flexibility index (Phi) is 3.65. The number of carboxylic acid groups (broad SMARTS) is 1. The Bertz CT molecular complexity index is 734. The molecule has 0 unspecified atom stereocenters. The average Bonchev–Trinajstić information content (AvgIpc) is 2.85. The van der Waals surface area contributed by atoms with E-state index in [1.165, 1.54) is 17.1 Å². The van der Waals surface area contributed by atoms with E-state index in [0.717, 1.165) is 17.4 Å². The van der Waals surface area contributed by atoms with Gasteiger partial charge in [0, 0.05) is 13.2 Å². The second kappa shape index (κ2) is 4.94. The van der Waals surface area contributed by atoms with Crippen LogP contribution < -0.4 is 4.72 Å². The number of aryl methyl sites for hydroxylation is 1. The van der Waals surface area contributed by atoms with Crippen molar-refractivity contribution < 1.29 is 18.3 Å². The van der Waals surface area contributed by atoms with Crippen molar-refractivity contribution in [1.82, 2.24) is 9.78 Å². The Morgan fingerprint density at radius 2 is 2.26 bits per heavy atom. The van der Waals surface area contributed by atoms with Gasteiger partial charge in [-0.15, -0.1) is 11.3 Å². The molecule has 0 atom stereocenters. The van der Waals surface area contributed by atoms with Gasteiger partial charge in [-0.1, -0.05) is 0 Å². The third-order valence-corrected chi connectivity index (χ3v) is 5.73. The molecule has 0 bridgehead atoms. The maximum Gasteiger partial charge on any atom is 0.345 e. The zero-order valence-electron chi connectivity index (χ0n) is 9.49. The number of rotatable bonds is 4. The topological polar surface area (TPSA) is 101 Å². The lowest BCUT2D eigenvalue weighted by Gasteiger charge is -2.03. The molecule has 0 fully saturated rings. The van der Waals surface area contributed by atoms with Crippen LogP contribution in [-0.2, 0) is 17.1 Å². The number of carboxylic acids is 1. The van der Waals surface area contributed by atoms with Crippen LogP contribution in [0.5, 0.6) is 0 Å². The molecule has 19 heavy (non-hydrogen) atoms. The minimum atomic E-state index is -3.85. The Balaban J connectivity index is 2.37. The van der Waals surface area contributed by atoms with Crippen molar-refractivity contribution in [3.05, 3.63) is 27.1 Å². The summed E-state index contributed by atoms with van der Waals surface area (Å²) in [4.78, 5) is 10.6. The van der Waals surface area contributed by atoms with E-state index >= 15 is 0 Å². The molecule has 2 aromatic heterocycles. The number of aromatic nitrogens is 2. The van der Waals surface area contributed by atoms with Gasteiger partial charge in [0.15, 0.2) is 0 Å². The molecule has 10 heteroatoms. The second-order valence-corrected chi connectivity index (χ2v) is 7.58. The SMILES string of the molecule is Cn1cc(NS(=O)(=O)c2cc(C(=O)O)sc2Br)cn1. The van der Waals surface area contributed by atoms with E-state index in [9.17, 15) is 13.2 Å². The van der Waals surface area contributed by atoms with Crippen molar-refractivity contribution >= 4 is 48.9 Å². The molecule has 0 aromatic carbocycles. The first-order valence-electron chi connectivity index (χ1n) is 4.83. The van der Waals surface area contributed by atoms with Crippen molar-refractivity contribution in [2.45, 2.75) is 4.90 Å². The predicted molar refractivity (Wildman–Crippen MR) is 73.0 cm³/mol. The molecule has 0 aliphatic carbocycles. The van der Waals surface area contributed by atoms with Gasteiger partial charge >= 0.3 is 5.97 Å². The van der Waals surface area contributed by atoms with Gasteiger partial charge in [-0.25, -0.2) is 13.2 Å². The molecule has 0 saturated carbocycles. The molecule has 102 valence electrons. The van der Waals surface area contributed by atoms with Crippen molar-refractivity contribution in [3.63, 3.8) is 0 Å². The summed E-state index contributed by atoms with van der Waals surface area (Å²) in [5.74, 6) is -1.17. The maximum absolute atomic E-state index is 12.1. The number of carbonyl (C=O) groups is 1. The standard InChI is InChI=1S/C9H8BrN3O4S2/c1-13-4-5(3-11-13)12-19(16,17)7-2-6(9(14)15)18-8(7)10/h2-4,12H,1H3,(H,14,15). The Labute approximate surface area is 121 Å². The van der Waals surface area contributed by atoms with Crippen LogP contribution in [0, 0.1) is 0 Å². The van der Waals surface area contributed by atoms with Crippen molar-refractivity contribution in [2.24, 2.45) is 7.05 Å². The number of hydrogen-bond acceptors (Lipinski definition) is 5. The quantitative estimate of drug-likeness (QED) is 0.859. The van der Waals surface area contributed by atoms with E-state index in [2.05, 4.69) is 25.8 Å². The smallest absolute Gasteiger partial charge is 0.345 e. The third kappa shape index (κ3) is 2.96. The molecule has 2 rings (SSSR count). The molecule has 2 heterocycles. The van der Waals surface area contributed by atoms with E-state index < -0.39 is 16.0 Å². The van der Waals surface area contributed by atoms with Crippen LogP contribution in [0.25, 0.3) is 0 Å². The number of thiophene rings is 1. The van der Waals surface area contributed by atoms with Crippen LogP contribution in [0.2, 0.25) is 0 Å². The Morgan fingerprint density at radius 1 is 1.58 bits per heavy atom. The Morgan fingerprint density at radius 3 is 2.74 bits per heavy atom. The molecule has 2 aromatic rings.